The molecule has 0 saturated carbocycles. The molecule has 0 radical (unpaired) electrons. The Kier molecular flexibility index (Phi) is 3.42. The van der Waals surface area contributed by atoms with Gasteiger partial charge in [0.1, 0.15) is 5.75 Å². The summed E-state index contributed by atoms with van der Waals surface area (Å²) in [4.78, 5) is 0. The van der Waals surface area contributed by atoms with Crippen LogP contribution in [0.4, 0.5) is 0 Å². The minimum Gasteiger partial charge on any atom is -0.508 e. The van der Waals surface area contributed by atoms with Crippen molar-refractivity contribution < 1.29 is 5.11 Å². The average molecular weight is 293 g/mol. The van der Waals surface area contributed by atoms with Crippen LogP contribution >= 0.6 is 0 Å². The molecular weight excluding hydrogens is 270 g/mol. The lowest BCUT2D eigenvalue weighted by molar-refractivity contribution is 0.163. The maximum absolute atomic E-state index is 10.4. The molecular formula is C20H23NO. The van der Waals surface area contributed by atoms with Crippen LogP contribution in [0.5, 0.6) is 5.75 Å². The molecule has 0 aromatic heterocycles. The fourth-order valence-electron chi connectivity index (χ4n) is 4.45. The first-order chi connectivity index (χ1) is 10.8. The van der Waals surface area contributed by atoms with Crippen molar-refractivity contribution in [3.05, 3.63) is 65.2 Å². The van der Waals surface area contributed by atoms with E-state index in [1.165, 1.54) is 30.4 Å². The molecule has 1 saturated heterocycles. The van der Waals surface area contributed by atoms with Gasteiger partial charge < -0.3 is 10.4 Å². The molecule has 1 heterocycles. The highest BCUT2D eigenvalue weighted by Gasteiger charge is 2.40. The van der Waals surface area contributed by atoms with E-state index < -0.39 is 0 Å². The molecule has 1 aliphatic heterocycles. The number of piperidine rings is 1. The molecule has 2 aromatic carbocycles. The Labute approximate surface area is 132 Å². The molecule has 1 aliphatic carbocycles. The molecule has 4 rings (SSSR count). The van der Waals surface area contributed by atoms with Crippen molar-refractivity contribution in [1.82, 2.24) is 5.32 Å². The fraction of sp³-hybridized carbons (Fsp3) is 0.400. The lowest BCUT2D eigenvalue weighted by Crippen LogP contribution is -2.41. The third-order valence-corrected chi connectivity index (χ3v) is 5.61. The summed E-state index contributed by atoms with van der Waals surface area (Å²) >= 11 is 0. The summed E-state index contributed by atoms with van der Waals surface area (Å²) in [7, 11) is 0. The zero-order chi connectivity index (χ0) is 15.0. The van der Waals surface area contributed by atoms with Crippen molar-refractivity contribution in [2.45, 2.75) is 31.6 Å². The van der Waals surface area contributed by atoms with E-state index in [2.05, 4.69) is 35.6 Å². The van der Waals surface area contributed by atoms with Crippen molar-refractivity contribution >= 4 is 0 Å². The maximum atomic E-state index is 10.4. The number of aromatic hydroxyl groups is 1. The molecule has 0 amide bonds. The van der Waals surface area contributed by atoms with Crippen LogP contribution in [-0.2, 0) is 6.42 Å². The Morgan fingerprint density at radius 1 is 0.909 bits per heavy atom. The lowest BCUT2D eigenvalue weighted by Gasteiger charge is -2.45. The molecule has 1 atom stereocenters. The van der Waals surface area contributed by atoms with Crippen LogP contribution in [0.2, 0.25) is 0 Å². The van der Waals surface area contributed by atoms with Gasteiger partial charge in [-0.1, -0.05) is 42.5 Å². The van der Waals surface area contributed by atoms with Crippen molar-refractivity contribution in [1.29, 1.82) is 0 Å². The van der Waals surface area contributed by atoms with Gasteiger partial charge in [0.15, 0.2) is 0 Å². The maximum Gasteiger partial charge on any atom is 0.119 e. The number of phenolic OH excluding ortho intramolecular Hbond substituents is 1. The predicted molar refractivity (Wildman–Crippen MR) is 89.2 cm³/mol. The van der Waals surface area contributed by atoms with Gasteiger partial charge in [0.2, 0.25) is 0 Å². The van der Waals surface area contributed by atoms with Gasteiger partial charge in [-0.25, -0.2) is 0 Å². The van der Waals surface area contributed by atoms with E-state index in [1.807, 2.05) is 18.2 Å². The number of rotatable bonds is 1. The van der Waals surface area contributed by atoms with Crippen molar-refractivity contribution in [2.24, 2.45) is 5.41 Å². The van der Waals surface area contributed by atoms with Crippen LogP contribution in [0.25, 0.3) is 0 Å². The number of fused-ring (bicyclic) bond motifs is 1. The topological polar surface area (TPSA) is 32.3 Å². The van der Waals surface area contributed by atoms with Gasteiger partial charge in [-0.2, -0.15) is 0 Å². The number of phenols is 1. The molecule has 2 heteroatoms. The fourth-order valence-corrected chi connectivity index (χ4v) is 4.45. The molecule has 2 nitrogen and oxygen atoms in total. The SMILES string of the molecule is Oc1ccccc1C1CC2(CCNCC2)Cc2ccccc21. The summed E-state index contributed by atoms with van der Waals surface area (Å²) < 4.78 is 0. The van der Waals surface area contributed by atoms with Gasteiger partial charge in [-0.3, -0.25) is 0 Å². The number of hydrogen-bond acceptors (Lipinski definition) is 2. The highest BCUT2D eigenvalue weighted by molar-refractivity contribution is 5.46. The van der Waals surface area contributed by atoms with Crippen molar-refractivity contribution in [2.75, 3.05) is 13.1 Å². The normalized spacial score (nSPS) is 23.2. The molecule has 1 fully saturated rings. The number of para-hydroxylation sites is 1. The molecule has 1 unspecified atom stereocenters. The zero-order valence-corrected chi connectivity index (χ0v) is 12.9. The monoisotopic (exact) mass is 293 g/mol. The van der Waals surface area contributed by atoms with Crippen LogP contribution in [0, 0.1) is 5.41 Å². The van der Waals surface area contributed by atoms with Crippen LogP contribution < -0.4 is 5.32 Å². The van der Waals surface area contributed by atoms with E-state index in [0.717, 1.165) is 25.1 Å². The van der Waals surface area contributed by atoms with Gasteiger partial charge >= 0.3 is 0 Å². The number of benzene rings is 2. The summed E-state index contributed by atoms with van der Waals surface area (Å²) in [5, 5.41) is 13.9. The Morgan fingerprint density at radius 3 is 2.36 bits per heavy atom. The Morgan fingerprint density at radius 2 is 1.59 bits per heavy atom. The molecule has 0 bridgehead atoms. The summed E-state index contributed by atoms with van der Waals surface area (Å²) in [6, 6.07) is 16.7. The van der Waals surface area contributed by atoms with E-state index in [0.29, 0.717) is 17.1 Å². The second-order valence-corrected chi connectivity index (χ2v) is 6.94. The van der Waals surface area contributed by atoms with Crippen LogP contribution in [0.1, 0.15) is 41.9 Å². The van der Waals surface area contributed by atoms with Gasteiger partial charge in [0.05, 0.1) is 0 Å². The smallest absolute Gasteiger partial charge is 0.119 e. The highest BCUT2D eigenvalue weighted by atomic mass is 16.3. The second-order valence-electron chi connectivity index (χ2n) is 6.94. The number of nitrogens with one attached hydrogen (secondary N) is 1. The first-order valence-corrected chi connectivity index (χ1v) is 8.34. The first kappa shape index (κ1) is 13.8. The van der Waals surface area contributed by atoms with Gasteiger partial charge in [0.25, 0.3) is 0 Å². The molecule has 2 aromatic rings. The lowest BCUT2D eigenvalue weighted by atomic mass is 9.61. The second kappa shape index (κ2) is 5.44. The average Bonchev–Trinajstić information content (AvgIpc) is 2.55. The summed E-state index contributed by atoms with van der Waals surface area (Å²) in [5.41, 5.74) is 4.37. The summed E-state index contributed by atoms with van der Waals surface area (Å²) in [6.45, 7) is 2.24. The Bertz CT molecular complexity index is 673. The quantitative estimate of drug-likeness (QED) is 0.837. The van der Waals surface area contributed by atoms with Crippen molar-refractivity contribution in [3.63, 3.8) is 0 Å². The minimum absolute atomic E-state index is 0.323. The van der Waals surface area contributed by atoms with Gasteiger partial charge in [0, 0.05) is 11.5 Å². The van der Waals surface area contributed by atoms with Crippen LogP contribution in [0.15, 0.2) is 48.5 Å². The van der Waals surface area contributed by atoms with Gasteiger partial charge in [-0.05, 0) is 61.4 Å². The largest absolute Gasteiger partial charge is 0.508 e. The van der Waals surface area contributed by atoms with Crippen LogP contribution in [0.3, 0.4) is 0 Å². The minimum atomic E-state index is 0.323. The molecule has 22 heavy (non-hydrogen) atoms. The summed E-state index contributed by atoms with van der Waals surface area (Å²) in [5.74, 6) is 0.762. The molecule has 1 spiro atoms. The van der Waals surface area contributed by atoms with E-state index in [4.69, 9.17) is 0 Å². The standard InChI is InChI=1S/C20H23NO/c22-19-8-4-3-7-17(19)18-14-20(9-11-21-12-10-20)13-15-5-1-2-6-16(15)18/h1-8,18,21-22H,9-14H2. The molecule has 114 valence electrons. The van der Waals surface area contributed by atoms with Crippen molar-refractivity contribution in [3.8, 4) is 5.75 Å². The Hall–Kier alpha value is -1.80. The van der Waals surface area contributed by atoms with E-state index >= 15 is 0 Å². The zero-order valence-electron chi connectivity index (χ0n) is 12.9. The first-order valence-electron chi connectivity index (χ1n) is 8.34. The molecule has 2 aliphatic rings. The van der Waals surface area contributed by atoms with E-state index in [-0.39, 0.29) is 0 Å². The van der Waals surface area contributed by atoms with E-state index in [1.54, 1.807) is 0 Å². The summed E-state index contributed by atoms with van der Waals surface area (Å²) in [6.07, 6.45) is 4.83. The molecule has 2 N–H and O–H groups in total. The predicted octanol–water partition coefficient (Wildman–Crippen LogP) is 3.84. The van der Waals surface area contributed by atoms with Crippen LogP contribution in [-0.4, -0.2) is 18.2 Å². The Balaban J connectivity index is 1.81. The highest BCUT2D eigenvalue weighted by Crippen LogP contribution is 2.50. The van der Waals surface area contributed by atoms with E-state index in [9.17, 15) is 5.11 Å². The number of hydrogen-bond donors (Lipinski definition) is 2. The van der Waals surface area contributed by atoms with Gasteiger partial charge in [-0.15, -0.1) is 0 Å². The third kappa shape index (κ3) is 2.32. The third-order valence-electron chi connectivity index (χ3n) is 5.61.